The summed E-state index contributed by atoms with van der Waals surface area (Å²) in [5, 5.41) is 5.90. The zero-order valence-corrected chi connectivity index (χ0v) is 11.1. The molecule has 0 amide bonds. The molecule has 90 valence electrons. The molecule has 1 heterocycles. The van der Waals surface area contributed by atoms with E-state index in [2.05, 4.69) is 41.7 Å². The third-order valence-corrected chi connectivity index (χ3v) is 4.30. The van der Waals surface area contributed by atoms with Crippen molar-refractivity contribution in [2.24, 2.45) is 5.92 Å². The Labute approximate surface area is 103 Å². The van der Waals surface area contributed by atoms with Crippen LogP contribution in [0, 0.1) is 5.92 Å². The fourth-order valence-electron chi connectivity index (χ4n) is 1.97. The maximum Gasteiger partial charge on any atom is 0.0443 e. The minimum Gasteiger partial charge on any atom is -0.308 e. The molecular weight excluding hydrogens is 216 g/mol. The fraction of sp³-hybridized carbons (Fsp3) is 0.692. The highest BCUT2D eigenvalue weighted by molar-refractivity contribution is 7.10. The Hall–Kier alpha value is -0.380. The first kappa shape index (κ1) is 12.1. The van der Waals surface area contributed by atoms with Gasteiger partial charge in [0.1, 0.15) is 0 Å². The van der Waals surface area contributed by atoms with Gasteiger partial charge < -0.3 is 10.2 Å². The maximum atomic E-state index is 3.72. The quantitative estimate of drug-likeness (QED) is 0.786. The molecular formula is C13H22N2S. The van der Waals surface area contributed by atoms with Crippen molar-refractivity contribution >= 4 is 11.3 Å². The molecule has 2 nitrogen and oxygen atoms in total. The van der Waals surface area contributed by atoms with Gasteiger partial charge in [-0.15, -0.1) is 11.3 Å². The summed E-state index contributed by atoms with van der Waals surface area (Å²) in [5.74, 6) is 0.894. The van der Waals surface area contributed by atoms with E-state index in [0.29, 0.717) is 6.04 Å². The van der Waals surface area contributed by atoms with E-state index < -0.39 is 0 Å². The smallest absolute Gasteiger partial charge is 0.0443 e. The number of likely N-dealkylation sites (N-methyl/N-ethyl adjacent to an activating group) is 1. The van der Waals surface area contributed by atoms with Gasteiger partial charge in [0.05, 0.1) is 0 Å². The van der Waals surface area contributed by atoms with Gasteiger partial charge in [0, 0.05) is 24.0 Å². The topological polar surface area (TPSA) is 15.3 Å². The number of thiophene rings is 1. The van der Waals surface area contributed by atoms with E-state index >= 15 is 0 Å². The van der Waals surface area contributed by atoms with Gasteiger partial charge in [0.25, 0.3) is 0 Å². The zero-order valence-electron chi connectivity index (χ0n) is 10.3. The summed E-state index contributed by atoms with van der Waals surface area (Å²) in [6.07, 6.45) is 2.80. The Morgan fingerprint density at radius 2 is 2.38 bits per heavy atom. The second kappa shape index (κ2) is 5.80. The number of rotatable bonds is 7. The molecule has 1 unspecified atom stereocenters. The lowest BCUT2D eigenvalue weighted by Crippen LogP contribution is -2.32. The molecule has 0 aromatic carbocycles. The average molecular weight is 238 g/mol. The molecule has 1 aliphatic rings. The van der Waals surface area contributed by atoms with Crippen LogP contribution in [0.15, 0.2) is 17.5 Å². The Bertz CT molecular complexity index is 293. The van der Waals surface area contributed by atoms with Crippen LogP contribution in [0.2, 0.25) is 0 Å². The van der Waals surface area contributed by atoms with Crippen LogP contribution in [0.5, 0.6) is 0 Å². The summed E-state index contributed by atoms with van der Waals surface area (Å²) in [4.78, 5) is 3.87. The number of nitrogens with zero attached hydrogens (tertiary/aromatic N) is 1. The Morgan fingerprint density at radius 3 is 2.94 bits per heavy atom. The van der Waals surface area contributed by atoms with Crippen LogP contribution in [0.3, 0.4) is 0 Å². The van der Waals surface area contributed by atoms with Gasteiger partial charge in [0.2, 0.25) is 0 Å². The summed E-state index contributed by atoms with van der Waals surface area (Å²) in [6, 6.07) is 5.05. The molecule has 1 N–H and O–H groups in total. The highest BCUT2D eigenvalue weighted by Crippen LogP contribution is 2.42. The molecule has 2 rings (SSSR count). The highest BCUT2D eigenvalue weighted by atomic mass is 32.1. The molecule has 1 aromatic rings. The number of hydrogen-bond acceptors (Lipinski definition) is 3. The summed E-state index contributed by atoms with van der Waals surface area (Å²) in [5.41, 5.74) is 0. The normalized spacial score (nSPS) is 17.9. The van der Waals surface area contributed by atoms with Gasteiger partial charge in [-0.25, -0.2) is 0 Å². The van der Waals surface area contributed by atoms with Crippen molar-refractivity contribution in [3.05, 3.63) is 22.4 Å². The predicted octanol–water partition coefficient (Wildman–Crippen LogP) is 2.74. The maximum absolute atomic E-state index is 3.72. The number of hydrogen-bond donors (Lipinski definition) is 1. The second-order valence-corrected chi connectivity index (χ2v) is 5.66. The molecule has 0 spiro atoms. The van der Waals surface area contributed by atoms with Gasteiger partial charge in [-0.3, -0.25) is 0 Å². The minimum absolute atomic E-state index is 0.616. The fourth-order valence-corrected chi connectivity index (χ4v) is 2.86. The van der Waals surface area contributed by atoms with Crippen molar-refractivity contribution in [1.29, 1.82) is 0 Å². The lowest BCUT2D eigenvalue weighted by molar-refractivity contribution is 0.335. The van der Waals surface area contributed by atoms with Crippen molar-refractivity contribution in [1.82, 2.24) is 10.2 Å². The molecule has 1 aromatic heterocycles. The van der Waals surface area contributed by atoms with Gasteiger partial charge >= 0.3 is 0 Å². The van der Waals surface area contributed by atoms with Crippen molar-refractivity contribution in [2.75, 3.05) is 26.7 Å². The summed E-state index contributed by atoms with van der Waals surface area (Å²) >= 11 is 1.89. The monoisotopic (exact) mass is 238 g/mol. The largest absolute Gasteiger partial charge is 0.308 e. The van der Waals surface area contributed by atoms with Gasteiger partial charge in [0.15, 0.2) is 0 Å². The van der Waals surface area contributed by atoms with Crippen molar-refractivity contribution in [2.45, 2.75) is 25.8 Å². The molecule has 1 aliphatic carbocycles. The van der Waals surface area contributed by atoms with Crippen molar-refractivity contribution < 1.29 is 0 Å². The highest BCUT2D eigenvalue weighted by Gasteiger charge is 2.32. The third-order valence-electron chi connectivity index (χ3n) is 3.34. The molecule has 0 radical (unpaired) electrons. The van der Waals surface area contributed by atoms with Crippen molar-refractivity contribution in [3.8, 4) is 0 Å². The minimum atomic E-state index is 0.616. The van der Waals surface area contributed by atoms with Gasteiger partial charge in [-0.1, -0.05) is 13.0 Å². The summed E-state index contributed by atoms with van der Waals surface area (Å²) in [7, 11) is 2.18. The first-order valence-electron chi connectivity index (χ1n) is 6.26. The van der Waals surface area contributed by atoms with E-state index in [1.807, 2.05) is 11.3 Å². The SMILES string of the molecule is CCN(C)CCNC(c1cccs1)C1CC1. The van der Waals surface area contributed by atoms with Crippen LogP contribution in [0.1, 0.15) is 30.7 Å². The first-order chi connectivity index (χ1) is 7.81. The first-order valence-corrected chi connectivity index (χ1v) is 7.14. The van der Waals surface area contributed by atoms with E-state index in [1.54, 1.807) is 0 Å². The summed E-state index contributed by atoms with van der Waals surface area (Å²) in [6.45, 7) is 5.58. The van der Waals surface area contributed by atoms with Gasteiger partial charge in [-0.05, 0) is 43.8 Å². The van der Waals surface area contributed by atoms with Crippen LogP contribution in [-0.4, -0.2) is 31.6 Å². The Kier molecular flexibility index (Phi) is 4.38. The summed E-state index contributed by atoms with van der Waals surface area (Å²) < 4.78 is 0. The van der Waals surface area contributed by atoms with E-state index in [0.717, 1.165) is 25.6 Å². The van der Waals surface area contributed by atoms with Crippen molar-refractivity contribution in [3.63, 3.8) is 0 Å². The van der Waals surface area contributed by atoms with Crippen LogP contribution in [0.4, 0.5) is 0 Å². The molecule has 16 heavy (non-hydrogen) atoms. The lowest BCUT2D eigenvalue weighted by atomic mass is 10.1. The van der Waals surface area contributed by atoms with E-state index in [9.17, 15) is 0 Å². The predicted molar refractivity (Wildman–Crippen MR) is 71.0 cm³/mol. The zero-order chi connectivity index (χ0) is 11.4. The molecule has 0 bridgehead atoms. The van der Waals surface area contributed by atoms with E-state index in [4.69, 9.17) is 0 Å². The molecule has 3 heteroatoms. The second-order valence-electron chi connectivity index (χ2n) is 4.68. The van der Waals surface area contributed by atoms with Gasteiger partial charge in [-0.2, -0.15) is 0 Å². The molecule has 0 saturated heterocycles. The Morgan fingerprint density at radius 1 is 1.56 bits per heavy atom. The Balaban J connectivity index is 1.80. The van der Waals surface area contributed by atoms with Crippen LogP contribution < -0.4 is 5.32 Å². The van der Waals surface area contributed by atoms with Crippen LogP contribution in [-0.2, 0) is 0 Å². The van der Waals surface area contributed by atoms with E-state index in [-0.39, 0.29) is 0 Å². The van der Waals surface area contributed by atoms with E-state index in [1.165, 1.54) is 17.7 Å². The standard InChI is InChI=1S/C13H22N2S/c1-3-15(2)9-8-14-13(11-6-7-11)12-5-4-10-16-12/h4-5,10-11,13-14H,3,6-9H2,1-2H3. The molecule has 1 atom stereocenters. The average Bonchev–Trinajstić information content (AvgIpc) is 2.99. The third kappa shape index (κ3) is 3.30. The van der Waals surface area contributed by atoms with Crippen LogP contribution >= 0.6 is 11.3 Å². The van der Waals surface area contributed by atoms with Crippen LogP contribution in [0.25, 0.3) is 0 Å². The molecule has 1 saturated carbocycles. The molecule has 1 fully saturated rings. The molecule has 0 aliphatic heterocycles. The lowest BCUT2D eigenvalue weighted by Gasteiger charge is -2.19. The number of nitrogens with one attached hydrogen (secondary N) is 1.